The normalized spacial score (nSPS) is 10.1. The van der Waals surface area contributed by atoms with Crippen LogP contribution in [0.3, 0.4) is 0 Å². The number of halogens is 1. The summed E-state index contributed by atoms with van der Waals surface area (Å²) in [6.07, 6.45) is 0. The quantitative estimate of drug-likeness (QED) is 0.782. The van der Waals surface area contributed by atoms with Crippen molar-refractivity contribution in [2.75, 3.05) is 13.2 Å². The Morgan fingerprint density at radius 3 is 2.33 bits per heavy atom. The summed E-state index contributed by atoms with van der Waals surface area (Å²) in [6.45, 7) is 1.77. The molecule has 0 bridgehead atoms. The van der Waals surface area contributed by atoms with Crippen molar-refractivity contribution in [1.82, 2.24) is 5.32 Å². The number of hydrogen-bond donors (Lipinski definition) is 1. The number of esters is 1. The molecule has 6 heteroatoms. The van der Waals surface area contributed by atoms with E-state index in [0.717, 1.165) is 11.1 Å². The molecule has 0 saturated carbocycles. The number of ether oxygens (including phenoxy) is 2. The third-order valence-corrected chi connectivity index (χ3v) is 3.40. The van der Waals surface area contributed by atoms with Crippen molar-refractivity contribution in [2.24, 2.45) is 0 Å². The van der Waals surface area contributed by atoms with Gasteiger partial charge in [-0.25, -0.2) is 4.79 Å². The summed E-state index contributed by atoms with van der Waals surface area (Å²) in [4.78, 5) is 23.2. The van der Waals surface area contributed by atoms with E-state index in [1.165, 1.54) is 0 Å². The van der Waals surface area contributed by atoms with Crippen molar-refractivity contribution in [3.05, 3.63) is 64.7 Å². The molecule has 0 saturated heterocycles. The average Bonchev–Trinajstić information content (AvgIpc) is 2.59. The summed E-state index contributed by atoms with van der Waals surface area (Å²) in [5.41, 5.74) is 2.13. The van der Waals surface area contributed by atoms with E-state index in [1.54, 1.807) is 24.3 Å². The average molecular weight is 348 g/mol. The van der Waals surface area contributed by atoms with Gasteiger partial charge >= 0.3 is 5.97 Å². The topological polar surface area (TPSA) is 64.6 Å². The summed E-state index contributed by atoms with van der Waals surface area (Å²) in [7, 11) is 0. The number of nitrogens with one attached hydrogen (secondary N) is 1. The number of hydrogen-bond acceptors (Lipinski definition) is 4. The molecule has 1 N–H and O–H groups in total. The second kappa shape index (κ2) is 8.93. The minimum absolute atomic E-state index is 0.271. The number of rotatable bonds is 7. The molecule has 5 nitrogen and oxygen atoms in total. The first-order valence-corrected chi connectivity index (χ1v) is 7.77. The van der Waals surface area contributed by atoms with Crippen LogP contribution in [0, 0.1) is 6.92 Å². The van der Waals surface area contributed by atoms with Gasteiger partial charge in [-0.15, -0.1) is 0 Å². The Labute approximate surface area is 145 Å². The lowest BCUT2D eigenvalue weighted by molar-refractivity contribution is -0.150. The third kappa shape index (κ3) is 6.30. The van der Waals surface area contributed by atoms with Gasteiger partial charge in [-0.1, -0.05) is 41.4 Å². The fraction of sp³-hybridized carbons (Fsp3) is 0.222. The number of carbonyl (C=O) groups is 2. The lowest BCUT2D eigenvalue weighted by Gasteiger charge is -2.08. The second-order valence-corrected chi connectivity index (χ2v) is 5.60. The zero-order valence-corrected chi connectivity index (χ0v) is 14.0. The van der Waals surface area contributed by atoms with Gasteiger partial charge in [-0.2, -0.15) is 0 Å². The van der Waals surface area contributed by atoms with Crippen LogP contribution in [-0.2, 0) is 20.9 Å². The molecule has 0 spiro atoms. The summed E-state index contributed by atoms with van der Waals surface area (Å²) in [6, 6.07) is 14.4. The van der Waals surface area contributed by atoms with E-state index in [-0.39, 0.29) is 19.1 Å². The van der Waals surface area contributed by atoms with E-state index in [4.69, 9.17) is 21.1 Å². The molecule has 0 aromatic heterocycles. The van der Waals surface area contributed by atoms with Crippen molar-refractivity contribution in [2.45, 2.75) is 13.5 Å². The molecular weight excluding hydrogens is 330 g/mol. The van der Waals surface area contributed by atoms with Crippen LogP contribution in [0.1, 0.15) is 11.1 Å². The molecule has 0 aliphatic carbocycles. The molecule has 0 aliphatic heterocycles. The van der Waals surface area contributed by atoms with Gasteiger partial charge in [0.1, 0.15) is 5.75 Å². The van der Waals surface area contributed by atoms with Gasteiger partial charge in [-0.05, 0) is 36.8 Å². The van der Waals surface area contributed by atoms with E-state index < -0.39 is 5.97 Å². The van der Waals surface area contributed by atoms with Crippen molar-refractivity contribution >= 4 is 23.5 Å². The molecule has 0 heterocycles. The predicted octanol–water partition coefficient (Wildman–Crippen LogP) is 2.89. The van der Waals surface area contributed by atoms with Gasteiger partial charge in [0.25, 0.3) is 5.91 Å². The zero-order chi connectivity index (χ0) is 17.4. The Morgan fingerprint density at radius 1 is 1.00 bits per heavy atom. The van der Waals surface area contributed by atoms with Crippen LogP contribution < -0.4 is 10.1 Å². The molecule has 0 unspecified atom stereocenters. The van der Waals surface area contributed by atoms with Gasteiger partial charge in [0.2, 0.25) is 0 Å². The Balaban J connectivity index is 1.64. The highest BCUT2D eigenvalue weighted by molar-refractivity contribution is 6.30. The number of benzene rings is 2. The van der Waals surface area contributed by atoms with E-state index in [2.05, 4.69) is 5.32 Å². The fourth-order valence-corrected chi connectivity index (χ4v) is 1.94. The van der Waals surface area contributed by atoms with E-state index in [9.17, 15) is 9.59 Å². The van der Waals surface area contributed by atoms with Crippen LogP contribution in [0.5, 0.6) is 5.75 Å². The van der Waals surface area contributed by atoms with Gasteiger partial charge in [0, 0.05) is 11.6 Å². The maximum Gasteiger partial charge on any atom is 0.344 e. The first-order chi connectivity index (χ1) is 11.5. The van der Waals surface area contributed by atoms with Crippen molar-refractivity contribution < 1.29 is 19.1 Å². The number of carbonyl (C=O) groups excluding carboxylic acids is 2. The highest BCUT2D eigenvalue weighted by Gasteiger charge is 2.08. The lowest BCUT2D eigenvalue weighted by atomic mass is 10.1. The van der Waals surface area contributed by atoms with Gasteiger partial charge in [0.05, 0.1) is 0 Å². The van der Waals surface area contributed by atoms with Crippen LogP contribution >= 0.6 is 11.6 Å². The predicted molar refractivity (Wildman–Crippen MR) is 90.9 cm³/mol. The number of aryl methyl sites for hydroxylation is 1. The molecular formula is C18H18ClNO4. The van der Waals surface area contributed by atoms with Crippen molar-refractivity contribution in [3.63, 3.8) is 0 Å². The molecule has 126 valence electrons. The fourth-order valence-electron chi connectivity index (χ4n) is 1.82. The molecule has 2 aromatic carbocycles. The molecule has 0 fully saturated rings. The standard InChI is InChI=1S/C18H18ClNO4/c1-13-2-4-14(5-3-13)10-20-17(21)11-24-18(22)12-23-16-8-6-15(19)7-9-16/h2-9H,10-12H2,1H3,(H,20,21). The maximum absolute atomic E-state index is 11.7. The Bertz CT molecular complexity index is 622. The van der Waals surface area contributed by atoms with Crippen LogP contribution in [0.2, 0.25) is 5.02 Å². The molecule has 0 radical (unpaired) electrons. The molecule has 2 aromatic rings. The molecule has 2 rings (SSSR count). The molecule has 24 heavy (non-hydrogen) atoms. The van der Waals surface area contributed by atoms with Gasteiger partial charge in [-0.3, -0.25) is 4.79 Å². The van der Waals surface area contributed by atoms with E-state index in [0.29, 0.717) is 17.3 Å². The Morgan fingerprint density at radius 2 is 1.67 bits per heavy atom. The van der Waals surface area contributed by atoms with Crippen LogP contribution in [-0.4, -0.2) is 25.1 Å². The second-order valence-electron chi connectivity index (χ2n) is 5.17. The van der Waals surface area contributed by atoms with E-state index >= 15 is 0 Å². The largest absolute Gasteiger partial charge is 0.482 e. The summed E-state index contributed by atoms with van der Waals surface area (Å²) in [5.74, 6) is -0.481. The molecule has 1 amide bonds. The smallest absolute Gasteiger partial charge is 0.344 e. The summed E-state index contributed by atoms with van der Waals surface area (Å²) in [5, 5.41) is 3.26. The summed E-state index contributed by atoms with van der Waals surface area (Å²) < 4.78 is 10.1. The zero-order valence-electron chi connectivity index (χ0n) is 13.3. The molecule has 0 atom stereocenters. The number of amides is 1. The first kappa shape index (κ1) is 17.8. The van der Waals surface area contributed by atoms with E-state index in [1.807, 2.05) is 31.2 Å². The molecule has 0 aliphatic rings. The lowest BCUT2D eigenvalue weighted by Crippen LogP contribution is -2.29. The Kier molecular flexibility index (Phi) is 6.63. The van der Waals surface area contributed by atoms with Crippen LogP contribution in [0.25, 0.3) is 0 Å². The minimum Gasteiger partial charge on any atom is -0.482 e. The highest BCUT2D eigenvalue weighted by atomic mass is 35.5. The minimum atomic E-state index is -0.615. The monoisotopic (exact) mass is 347 g/mol. The maximum atomic E-state index is 11.7. The van der Waals surface area contributed by atoms with Crippen molar-refractivity contribution in [3.8, 4) is 5.75 Å². The van der Waals surface area contributed by atoms with Gasteiger partial charge < -0.3 is 14.8 Å². The summed E-state index contributed by atoms with van der Waals surface area (Å²) >= 11 is 5.75. The Hall–Kier alpha value is -2.53. The SMILES string of the molecule is Cc1ccc(CNC(=O)COC(=O)COc2ccc(Cl)cc2)cc1. The first-order valence-electron chi connectivity index (χ1n) is 7.39. The van der Waals surface area contributed by atoms with Crippen LogP contribution in [0.4, 0.5) is 0 Å². The van der Waals surface area contributed by atoms with Gasteiger partial charge in [0.15, 0.2) is 13.2 Å². The third-order valence-electron chi connectivity index (χ3n) is 3.14. The van der Waals surface area contributed by atoms with Crippen LogP contribution in [0.15, 0.2) is 48.5 Å². The van der Waals surface area contributed by atoms with Crippen molar-refractivity contribution in [1.29, 1.82) is 0 Å². The highest BCUT2D eigenvalue weighted by Crippen LogP contribution is 2.15.